The molecule has 0 aliphatic carbocycles. The van der Waals surface area contributed by atoms with Crippen molar-refractivity contribution in [3.63, 3.8) is 0 Å². The van der Waals surface area contributed by atoms with Crippen molar-refractivity contribution >= 4 is 63.5 Å². The second kappa shape index (κ2) is 32.7. The molecular weight excluding hydrogens is 978 g/mol. The number of alkyl halides is 3. The average molecular weight is 1050 g/mol. The van der Waals surface area contributed by atoms with Crippen LogP contribution in [0.15, 0.2) is 69.5 Å². The lowest BCUT2D eigenvalue weighted by Crippen LogP contribution is -2.60. The van der Waals surface area contributed by atoms with Crippen molar-refractivity contribution < 1.29 is 69.9 Å². The zero-order valence-corrected chi connectivity index (χ0v) is 41.5. The van der Waals surface area contributed by atoms with E-state index in [9.17, 15) is 55.5 Å². The van der Waals surface area contributed by atoms with Gasteiger partial charge < -0.3 is 65.5 Å². The molecule has 2 rings (SSSR count). The number of rotatable bonds is 26. The third-order valence-corrected chi connectivity index (χ3v) is 11.3. The van der Waals surface area contributed by atoms with E-state index in [1.165, 1.54) is 12.1 Å². The minimum absolute atomic E-state index is 0.00647. The van der Waals surface area contributed by atoms with Gasteiger partial charge in [-0.15, -0.1) is 0 Å². The molecule has 0 radical (unpaired) electrons. The minimum Gasteiger partial charge on any atom is -0.480 e. The monoisotopic (exact) mass is 1050 g/mol. The lowest BCUT2D eigenvalue weighted by molar-refractivity contribution is -0.192. The van der Waals surface area contributed by atoms with Crippen LogP contribution in [0.3, 0.4) is 0 Å². The van der Waals surface area contributed by atoms with Crippen LogP contribution in [0, 0.1) is 18.8 Å². The maximum absolute atomic E-state index is 14.0. The summed E-state index contributed by atoms with van der Waals surface area (Å²) in [6.07, 6.45) is -3.40. The molecule has 7 atom stereocenters. The smallest absolute Gasteiger partial charge is 0.480 e. The summed E-state index contributed by atoms with van der Waals surface area (Å²) in [5.74, 6) is -8.50. The molecule has 0 aliphatic rings. The van der Waals surface area contributed by atoms with E-state index < -0.39 is 99.8 Å². The van der Waals surface area contributed by atoms with Gasteiger partial charge in [-0.05, 0) is 62.1 Å². The number of benzene rings is 2. The molecule has 0 heterocycles. The van der Waals surface area contributed by atoms with E-state index in [4.69, 9.17) is 43.1 Å². The highest BCUT2D eigenvalue weighted by Gasteiger charge is 2.38. The molecule has 0 spiro atoms. The number of guanidine groups is 2. The third-order valence-electron chi connectivity index (χ3n) is 10.4. The van der Waals surface area contributed by atoms with Crippen molar-refractivity contribution in [2.45, 2.75) is 121 Å². The van der Waals surface area contributed by atoms with Crippen LogP contribution >= 0.6 is 0 Å². The first-order valence-electron chi connectivity index (χ1n) is 22.4. The number of carboxylic acids is 2. The van der Waals surface area contributed by atoms with Gasteiger partial charge in [0.1, 0.15) is 30.2 Å². The third kappa shape index (κ3) is 26.8. The summed E-state index contributed by atoms with van der Waals surface area (Å²) < 4.78 is 61.3. The summed E-state index contributed by atoms with van der Waals surface area (Å²) >= 11 is 0. The van der Waals surface area contributed by atoms with Crippen LogP contribution in [-0.2, 0) is 50.1 Å². The number of carboxylic acid groups (broad SMARTS) is 2. The second-order valence-electron chi connectivity index (χ2n) is 16.2. The number of aliphatic carboxylic acids is 2. The van der Waals surface area contributed by atoms with Gasteiger partial charge in [0.25, 0.3) is 10.1 Å². The quantitative estimate of drug-likeness (QED) is 0.0250. The van der Waals surface area contributed by atoms with Crippen LogP contribution < -0.4 is 55.3 Å². The first-order chi connectivity index (χ1) is 33.5. The second-order valence-corrected chi connectivity index (χ2v) is 17.6. The van der Waals surface area contributed by atoms with Crippen molar-refractivity contribution in [1.29, 1.82) is 0 Å². The average Bonchev–Trinajstić information content (AvgIpc) is 3.30. The zero-order valence-electron chi connectivity index (χ0n) is 40.6. The number of halogens is 3. The molecule has 0 bridgehead atoms. The van der Waals surface area contributed by atoms with E-state index in [1.54, 1.807) is 63.2 Å². The first kappa shape index (κ1) is 64.9. The molecular formula is C44H69F3N12O12S. The largest absolute Gasteiger partial charge is 0.490 e. The van der Waals surface area contributed by atoms with Crippen LogP contribution in [0.25, 0.3) is 0 Å². The minimum atomic E-state index is -5.08. The first-order valence-corrected chi connectivity index (χ1v) is 23.8. The number of amides is 5. The SMILES string of the molecule is CCC(C)C(NC(=O)C(CCCN=C(N)N)NC(=O)C(Cc1ccccc1)NC(=O)C(NC(=O)C(CCCN=C(N)N)NC(=O)CN)C(C)CC)C(=O)O.Cc1ccc(S(=O)(=O)O)cc1.O=C(O)C(F)(F)F. The van der Waals surface area contributed by atoms with Gasteiger partial charge in [0.05, 0.1) is 11.4 Å². The number of carbonyl (C=O) groups is 7. The molecule has 0 aliphatic heterocycles. The van der Waals surface area contributed by atoms with Crippen LogP contribution in [0.1, 0.15) is 77.3 Å². The van der Waals surface area contributed by atoms with E-state index >= 15 is 0 Å². The number of nitrogens with two attached hydrogens (primary N) is 5. The van der Waals surface area contributed by atoms with E-state index in [-0.39, 0.29) is 62.1 Å². The number of nitrogens with zero attached hydrogens (tertiary/aromatic N) is 2. The summed E-state index contributed by atoms with van der Waals surface area (Å²) in [5.41, 5.74) is 28.8. The maximum atomic E-state index is 14.0. The Labute approximate surface area is 415 Å². The van der Waals surface area contributed by atoms with Crippen molar-refractivity contribution in [3.8, 4) is 0 Å². The standard InChI is InChI=1S/C35H60N12O7.C7H8O3S.C2HF3O2/c1-5-20(3)27(46-29(49)23(43-26(48)19-36)14-10-16-41-34(37)38)32(52)45-25(18-22-12-8-7-9-13-22)31(51)44-24(15-11-17-42-35(39)40)30(50)47-28(33(53)54)21(4)6-2;1-6-2-4-7(5-3-6)11(8,9)10;3-2(4,5)1(6)7/h7-9,12-13,20-21,23-25,27-28H,5-6,10-11,14-19,36H2,1-4H3,(H,43,48)(H,44,51)(H,45,52)(H,46,49)(H,47,50)(H,53,54)(H4,37,38,41)(H4,39,40,42);2-5H,1H3,(H,8,9,10);(H,6,7). The summed E-state index contributed by atoms with van der Waals surface area (Å²) in [6, 6.07) is 8.93. The molecule has 0 saturated heterocycles. The Morgan fingerprint density at radius 2 is 1.07 bits per heavy atom. The molecule has 28 heteroatoms. The van der Waals surface area contributed by atoms with Crippen LogP contribution in [0.2, 0.25) is 0 Å². The Morgan fingerprint density at radius 1 is 0.653 bits per heavy atom. The van der Waals surface area contributed by atoms with E-state index in [0.29, 0.717) is 24.8 Å². The number of aliphatic imine (C=N–C) groups is 2. The molecule has 5 amide bonds. The number of hydrogen-bond donors (Lipinski definition) is 13. The van der Waals surface area contributed by atoms with Crippen LogP contribution in [0.5, 0.6) is 0 Å². The van der Waals surface area contributed by atoms with Crippen molar-refractivity contribution in [2.75, 3.05) is 19.6 Å². The predicted octanol–water partition coefficient (Wildman–Crippen LogP) is -0.229. The van der Waals surface area contributed by atoms with Gasteiger partial charge in [0.15, 0.2) is 11.9 Å². The van der Waals surface area contributed by atoms with Gasteiger partial charge in [-0.3, -0.25) is 38.5 Å². The van der Waals surface area contributed by atoms with E-state index in [1.807, 2.05) is 13.8 Å². The van der Waals surface area contributed by atoms with Gasteiger partial charge in [0, 0.05) is 19.5 Å². The fourth-order valence-corrected chi connectivity index (χ4v) is 6.47. The fraction of sp³-hybridized carbons (Fsp3) is 0.523. The van der Waals surface area contributed by atoms with Crippen LogP contribution in [0.4, 0.5) is 13.2 Å². The molecule has 0 aromatic heterocycles. The number of hydrogen-bond acceptors (Lipinski definition) is 12. The Balaban J connectivity index is 0.00000232. The van der Waals surface area contributed by atoms with Gasteiger partial charge in [-0.25, -0.2) is 9.59 Å². The molecule has 7 unspecified atom stereocenters. The highest BCUT2D eigenvalue weighted by molar-refractivity contribution is 7.85. The predicted molar refractivity (Wildman–Crippen MR) is 260 cm³/mol. The van der Waals surface area contributed by atoms with Crippen molar-refractivity contribution in [3.05, 3.63) is 65.7 Å². The molecule has 18 N–H and O–H groups in total. The molecule has 72 heavy (non-hydrogen) atoms. The Hall–Kier alpha value is -7.07. The molecule has 0 saturated carbocycles. The normalized spacial score (nSPS) is 13.9. The summed E-state index contributed by atoms with van der Waals surface area (Å²) in [4.78, 5) is 95.9. The topological polar surface area (TPSA) is 429 Å². The Bertz CT molecular complexity index is 2230. The maximum Gasteiger partial charge on any atom is 0.490 e. The van der Waals surface area contributed by atoms with Crippen LogP contribution in [-0.4, -0.2) is 133 Å². The molecule has 404 valence electrons. The number of carbonyl (C=O) groups excluding carboxylic acids is 5. The van der Waals surface area contributed by atoms with Gasteiger partial charge in [-0.2, -0.15) is 21.6 Å². The lowest BCUT2D eigenvalue weighted by Gasteiger charge is -2.29. The highest BCUT2D eigenvalue weighted by atomic mass is 32.2. The Kier molecular flexibility index (Phi) is 29.5. The number of aryl methyl sites for hydroxylation is 1. The molecule has 0 fully saturated rings. The fourth-order valence-electron chi connectivity index (χ4n) is 5.99. The van der Waals surface area contributed by atoms with Crippen molar-refractivity contribution in [2.24, 2.45) is 50.5 Å². The van der Waals surface area contributed by atoms with E-state index in [2.05, 4.69) is 36.6 Å². The zero-order chi connectivity index (χ0) is 55.4. The van der Waals surface area contributed by atoms with Gasteiger partial charge >= 0.3 is 18.1 Å². The summed E-state index contributed by atoms with van der Waals surface area (Å²) in [7, 11) is -4.02. The lowest BCUT2D eigenvalue weighted by atomic mass is 9.96. The van der Waals surface area contributed by atoms with E-state index in [0.717, 1.165) is 5.56 Å². The highest BCUT2D eigenvalue weighted by Crippen LogP contribution is 2.15. The summed E-state index contributed by atoms with van der Waals surface area (Å²) in [6.45, 7) is 8.84. The molecule has 24 nitrogen and oxygen atoms in total. The van der Waals surface area contributed by atoms with Gasteiger partial charge in [0.2, 0.25) is 29.5 Å². The molecule has 2 aromatic carbocycles. The Morgan fingerprint density at radius 3 is 1.47 bits per heavy atom. The summed E-state index contributed by atoms with van der Waals surface area (Å²) in [5, 5.41) is 30.2. The number of nitrogens with one attached hydrogen (secondary N) is 5. The molecule has 2 aromatic rings. The van der Waals surface area contributed by atoms with Gasteiger partial charge in [-0.1, -0.05) is 88.6 Å². The van der Waals surface area contributed by atoms with Crippen molar-refractivity contribution in [1.82, 2.24) is 26.6 Å².